The van der Waals surface area contributed by atoms with E-state index in [1.165, 1.54) is 6.07 Å². The second kappa shape index (κ2) is 5.40. The number of nitrogens with two attached hydrogens (primary N) is 1. The summed E-state index contributed by atoms with van der Waals surface area (Å²) in [6, 6.07) is 14.9. The molecular weight excluding hydrogens is 272 g/mol. The van der Waals surface area contributed by atoms with Crippen molar-refractivity contribution in [2.45, 2.75) is 6.61 Å². The number of rotatable bonds is 3. The minimum absolute atomic E-state index is 0.158. The first-order chi connectivity index (χ1) is 10.1. The van der Waals surface area contributed by atoms with Crippen molar-refractivity contribution in [2.24, 2.45) is 0 Å². The lowest BCUT2D eigenvalue weighted by Gasteiger charge is -2.11. The van der Waals surface area contributed by atoms with Gasteiger partial charge in [-0.3, -0.25) is 0 Å². The summed E-state index contributed by atoms with van der Waals surface area (Å²) >= 11 is 0. The van der Waals surface area contributed by atoms with Crippen LogP contribution in [0.3, 0.4) is 0 Å². The minimum Gasteiger partial charge on any atom is -0.488 e. The van der Waals surface area contributed by atoms with Crippen LogP contribution in [0.15, 0.2) is 54.6 Å². The van der Waals surface area contributed by atoms with Gasteiger partial charge in [0.25, 0.3) is 0 Å². The quantitative estimate of drug-likeness (QED) is 0.729. The van der Waals surface area contributed by atoms with Crippen LogP contribution in [-0.4, -0.2) is 0 Å². The molecule has 0 unspecified atom stereocenters. The van der Waals surface area contributed by atoms with Crippen LogP contribution in [0, 0.1) is 11.6 Å². The average Bonchev–Trinajstić information content (AvgIpc) is 2.50. The molecule has 0 spiro atoms. The average molecular weight is 285 g/mol. The summed E-state index contributed by atoms with van der Waals surface area (Å²) < 4.78 is 31.8. The van der Waals surface area contributed by atoms with Crippen molar-refractivity contribution in [2.75, 3.05) is 5.73 Å². The van der Waals surface area contributed by atoms with Crippen LogP contribution in [0.2, 0.25) is 0 Å². The number of nitrogen functional groups attached to an aromatic ring is 1. The van der Waals surface area contributed by atoms with Gasteiger partial charge in [0, 0.05) is 16.5 Å². The molecule has 0 aliphatic heterocycles. The molecule has 0 atom stereocenters. The fourth-order valence-electron chi connectivity index (χ4n) is 2.21. The van der Waals surface area contributed by atoms with Gasteiger partial charge in [-0.2, -0.15) is 0 Å². The molecule has 0 amide bonds. The highest BCUT2D eigenvalue weighted by Gasteiger charge is 2.06. The zero-order chi connectivity index (χ0) is 14.8. The molecule has 0 bridgehead atoms. The van der Waals surface area contributed by atoms with Gasteiger partial charge in [0.1, 0.15) is 12.4 Å². The van der Waals surface area contributed by atoms with Crippen molar-refractivity contribution in [3.05, 3.63) is 71.8 Å². The second-order valence-corrected chi connectivity index (χ2v) is 4.74. The Balaban J connectivity index is 1.88. The highest BCUT2D eigenvalue weighted by Crippen LogP contribution is 2.30. The maximum absolute atomic E-state index is 13.2. The van der Waals surface area contributed by atoms with Crippen LogP contribution in [-0.2, 0) is 6.61 Å². The Morgan fingerprint density at radius 1 is 0.857 bits per heavy atom. The first-order valence-electron chi connectivity index (χ1n) is 6.49. The van der Waals surface area contributed by atoms with Gasteiger partial charge in [0.2, 0.25) is 0 Å². The molecule has 4 heteroatoms. The molecule has 0 radical (unpaired) electrons. The first kappa shape index (κ1) is 13.4. The molecule has 3 aromatic rings. The molecule has 0 fully saturated rings. The third kappa shape index (κ3) is 2.65. The van der Waals surface area contributed by atoms with Crippen molar-refractivity contribution in [1.29, 1.82) is 0 Å². The van der Waals surface area contributed by atoms with Crippen molar-refractivity contribution in [3.8, 4) is 5.75 Å². The summed E-state index contributed by atoms with van der Waals surface area (Å²) in [6.45, 7) is 0.158. The van der Waals surface area contributed by atoms with Crippen LogP contribution in [0.25, 0.3) is 10.8 Å². The molecule has 21 heavy (non-hydrogen) atoms. The van der Waals surface area contributed by atoms with Gasteiger partial charge in [0.15, 0.2) is 11.6 Å². The Hall–Kier alpha value is -2.62. The van der Waals surface area contributed by atoms with E-state index < -0.39 is 11.6 Å². The van der Waals surface area contributed by atoms with E-state index in [-0.39, 0.29) is 6.61 Å². The van der Waals surface area contributed by atoms with E-state index in [2.05, 4.69) is 0 Å². The van der Waals surface area contributed by atoms with E-state index in [1.54, 1.807) is 12.1 Å². The number of hydrogen-bond donors (Lipinski definition) is 1. The highest BCUT2D eigenvalue weighted by atomic mass is 19.2. The normalized spacial score (nSPS) is 10.8. The minimum atomic E-state index is -0.877. The highest BCUT2D eigenvalue weighted by molar-refractivity contribution is 5.96. The predicted molar refractivity (Wildman–Crippen MR) is 79.1 cm³/mol. The number of hydrogen-bond acceptors (Lipinski definition) is 2. The number of halogens is 2. The van der Waals surface area contributed by atoms with E-state index >= 15 is 0 Å². The maximum atomic E-state index is 13.2. The molecule has 0 aliphatic carbocycles. The fraction of sp³-hybridized carbons (Fsp3) is 0.0588. The zero-order valence-electron chi connectivity index (χ0n) is 11.1. The number of anilines is 1. The van der Waals surface area contributed by atoms with Gasteiger partial charge in [-0.05, 0) is 29.8 Å². The standard InChI is InChI=1S/C17H13F2NO/c18-14-6-5-11(9-15(14)19)10-21-17-8-7-16(20)12-3-1-2-4-13(12)17/h1-9H,10,20H2. The second-order valence-electron chi connectivity index (χ2n) is 4.74. The summed E-state index contributed by atoms with van der Waals surface area (Å²) in [5, 5.41) is 1.79. The molecule has 2 nitrogen and oxygen atoms in total. The summed E-state index contributed by atoms with van der Waals surface area (Å²) in [4.78, 5) is 0. The van der Waals surface area contributed by atoms with Crippen molar-refractivity contribution in [3.63, 3.8) is 0 Å². The number of ether oxygens (including phenoxy) is 1. The Bertz CT molecular complexity index is 802. The molecule has 0 aliphatic rings. The first-order valence-corrected chi connectivity index (χ1v) is 6.49. The third-order valence-electron chi connectivity index (χ3n) is 3.30. The Morgan fingerprint density at radius 3 is 2.38 bits per heavy atom. The lowest BCUT2D eigenvalue weighted by atomic mass is 10.1. The van der Waals surface area contributed by atoms with Gasteiger partial charge >= 0.3 is 0 Å². The summed E-state index contributed by atoms with van der Waals surface area (Å²) in [5.74, 6) is -1.08. The van der Waals surface area contributed by atoms with Gasteiger partial charge in [-0.1, -0.05) is 30.3 Å². The van der Waals surface area contributed by atoms with E-state index in [4.69, 9.17) is 10.5 Å². The van der Waals surface area contributed by atoms with E-state index in [0.717, 1.165) is 22.9 Å². The molecule has 106 valence electrons. The van der Waals surface area contributed by atoms with Crippen molar-refractivity contribution >= 4 is 16.5 Å². The van der Waals surface area contributed by atoms with Gasteiger partial charge in [-0.25, -0.2) is 8.78 Å². The van der Waals surface area contributed by atoms with Crippen LogP contribution in [0.4, 0.5) is 14.5 Å². The zero-order valence-corrected chi connectivity index (χ0v) is 11.1. The Morgan fingerprint density at radius 2 is 1.62 bits per heavy atom. The van der Waals surface area contributed by atoms with Crippen molar-refractivity contribution < 1.29 is 13.5 Å². The van der Waals surface area contributed by atoms with Gasteiger partial charge < -0.3 is 10.5 Å². The molecule has 0 saturated carbocycles. The lowest BCUT2D eigenvalue weighted by Crippen LogP contribution is -1.98. The number of fused-ring (bicyclic) bond motifs is 1. The number of benzene rings is 3. The smallest absolute Gasteiger partial charge is 0.159 e. The molecule has 0 heterocycles. The SMILES string of the molecule is Nc1ccc(OCc2ccc(F)c(F)c2)c2ccccc12. The summed E-state index contributed by atoms with van der Waals surface area (Å²) in [7, 11) is 0. The molecular formula is C17H13F2NO. The van der Waals surface area contributed by atoms with E-state index in [9.17, 15) is 8.78 Å². The molecule has 3 rings (SSSR count). The Labute approximate surface area is 120 Å². The lowest BCUT2D eigenvalue weighted by molar-refractivity contribution is 0.309. The predicted octanol–water partition coefficient (Wildman–Crippen LogP) is 4.28. The summed E-state index contributed by atoms with van der Waals surface area (Å²) in [5.41, 5.74) is 7.16. The van der Waals surface area contributed by atoms with Crippen LogP contribution in [0.5, 0.6) is 5.75 Å². The molecule has 0 saturated heterocycles. The molecule has 2 N–H and O–H groups in total. The van der Waals surface area contributed by atoms with Gasteiger partial charge in [0.05, 0.1) is 0 Å². The van der Waals surface area contributed by atoms with Crippen LogP contribution < -0.4 is 10.5 Å². The third-order valence-corrected chi connectivity index (χ3v) is 3.30. The summed E-state index contributed by atoms with van der Waals surface area (Å²) in [6.07, 6.45) is 0. The van der Waals surface area contributed by atoms with Gasteiger partial charge in [-0.15, -0.1) is 0 Å². The fourth-order valence-corrected chi connectivity index (χ4v) is 2.21. The van der Waals surface area contributed by atoms with Crippen molar-refractivity contribution in [1.82, 2.24) is 0 Å². The monoisotopic (exact) mass is 285 g/mol. The maximum Gasteiger partial charge on any atom is 0.159 e. The molecule has 3 aromatic carbocycles. The van der Waals surface area contributed by atoms with Crippen LogP contribution >= 0.6 is 0 Å². The van der Waals surface area contributed by atoms with E-state index in [1.807, 2.05) is 24.3 Å². The molecule has 0 aromatic heterocycles. The van der Waals surface area contributed by atoms with E-state index in [0.29, 0.717) is 17.0 Å². The largest absolute Gasteiger partial charge is 0.488 e. The Kier molecular flexibility index (Phi) is 3.44. The van der Waals surface area contributed by atoms with Crippen LogP contribution in [0.1, 0.15) is 5.56 Å². The topological polar surface area (TPSA) is 35.2 Å².